The molecule has 2 N–H and O–H groups in total. The largest absolute Gasteiger partial charge is 0.495 e. The van der Waals surface area contributed by atoms with Crippen molar-refractivity contribution in [1.82, 2.24) is 14.5 Å². The number of sulfonamides is 1. The summed E-state index contributed by atoms with van der Waals surface area (Å²) in [5.74, 6) is -0.779. The van der Waals surface area contributed by atoms with Crippen molar-refractivity contribution in [2.75, 3.05) is 32.1 Å². The summed E-state index contributed by atoms with van der Waals surface area (Å²) in [5, 5.41) is 5.22. The van der Waals surface area contributed by atoms with Crippen molar-refractivity contribution in [2.24, 2.45) is 0 Å². The molecule has 11 heteroatoms. The van der Waals surface area contributed by atoms with Gasteiger partial charge in [-0.3, -0.25) is 14.5 Å². The smallest absolute Gasteiger partial charge is 0.325 e. The summed E-state index contributed by atoms with van der Waals surface area (Å²) >= 11 is 0. The van der Waals surface area contributed by atoms with Gasteiger partial charge in [0.25, 0.3) is 5.91 Å². The number of urea groups is 1. The normalized spacial score (nSPS) is 17.8. The van der Waals surface area contributed by atoms with E-state index in [0.29, 0.717) is 25.9 Å². The van der Waals surface area contributed by atoms with Gasteiger partial charge in [0, 0.05) is 13.1 Å². The lowest BCUT2D eigenvalue weighted by molar-refractivity contribution is -0.136. The minimum absolute atomic E-state index is 0.00529. The van der Waals surface area contributed by atoms with E-state index < -0.39 is 40.0 Å². The molecule has 0 radical (unpaired) electrons. The fourth-order valence-electron chi connectivity index (χ4n) is 3.68. The average molecular weight is 439 g/mol. The van der Waals surface area contributed by atoms with Gasteiger partial charge in [-0.05, 0) is 37.5 Å². The molecule has 1 aromatic carbocycles. The van der Waals surface area contributed by atoms with Crippen LogP contribution in [0.15, 0.2) is 23.1 Å². The van der Waals surface area contributed by atoms with Crippen molar-refractivity contribution in [3.05, 3.63) is 18.2 Å². The molecule has 2 aliphatic rings. The van der Waals surface area contributed by atoms with Crippen molar-refractivity contribution in [2.45, 2.75) is 43.5 Å². The topological polar surface area (TPSA) is 125 Å². The molecule has 3 rings (SSSR count). The maximum Gasteiger partial charge on any atom is 0.325 e. The number of carbonyl (C=O) groups is 3. The number of nitrogens with one attached hydrogen (secondary N) is 2. The molecular weight excluding hydrogens is 412 g/mol. The first-order chi connectivity index (χ1) is 14.2. The zero-order chi connectivity index (χ0) is 22.1. The predicted molar refractivity (Wildman–Crippen MR) is 109 cm³/mol. The number of nitrogens with zero attached hydrogens (tertiary/aromatic N) is 2. The van der Waals surface area contributed by atoms with E-state index in [9.17, 15) is 22.8 Å². The van der Waals surface area contributed by atoms with Crippen LogP contribution < -0.4 is 15.4 Å². The third-order valence-electron chi connectivity index (χ3n) is 5.54. The number of hydrogen-bond acceptors (Lipinski definition) is 6. The van der Waals surface area contributed by atoms with Crippen molar-refractivity contribution < 1.29 is 27.5 Å². The Bertz CT molecular complexity index is 969. The number of hydrogen-bond donors (Lipinski definition) is 2. The first kappa shape index (κ1) is 22.0. The summed E-state index contributed by atoms with van der Waals surface area (Å²) in [5.41, 5.74) is -0.728. The first-order valence-corrected chi connectivity index (χ1v) is 11.2. The maximum absolute atomic E-state index is 12.8. The lowest BCUT2D eigenvalue weighted by atomic mass is 9.77. The van der Waals surface area contributed by atoms with E-state index in [1.54, 1.807) is 13.8 Å². The van der Waals surface area contributed by atoms with E-state index in [1.165, 1.54) is 29.6 Å². The minimum Gasteiger partial charge on any atom is -0.495 e. The van der Waals surface area contributed by atoms with Gasteiger partial charge in [0.05, 0.1) is 17.7 Å². The Labute approximate surface area is 175 Å². The van der Waals surface area contributed by atoms with Crippen LogP contribution in [-0.4, -0.2) is 67.8 Å². The number of imide groups is 1. The van der Waals surface area contributed by atoms with E-state index in [4.69, 9.17) is 4.74 Å². The Hall–Kier alpha value is -2.66. The monoisotopic (exact) mass is 438 g/mol. The Morgan fingerprint density at radius 1 is 1.27 bits per heavy atom. The van der Waals surface area contributed by atoms with Crippen molar-refractivity contribution in [3.63, 3.8) is 0 Å². The number of amides is 4. The highest BCUT2D eigenvalue weighted by atomic mass is 32.2. The summed E-state index contributed by atoms with van der Waals surface area (Å²) < 4.78 is 32.1. The Morgan fingerprint density at radius 3 is 2.43 bits per heavy atom. The lowest BCUT2D eigenvalue weighted by Gasteiger charge is -2.34. The molecule has 30 heavy (non-hydrogen) atoms. The summed E-state index contributed by atoms with van der Waals surface area (Å²) in [6.45, 7) is 3.62. The van der Waals surface area contributed by atoms with E-state index >= 15 is 0 Å². The molecule has 1 aromatic rings. The fourth-order valence-corrected chi connectivity index (χ4v) is 5.16. The standard InChI is InChI=1S/C19H26N4O6S/c1-4-22(5-2)30(27,28)13-7-8-15(29-3)14(11-13)20-16(24)12-23-17(25)19(9-6-10-19)21-18(23)26/h7-8,11H,4-6,9-10,12H2,1-3H3,(H,20,24)(H,21,26). The molecule has 10 nitrogen and oxygen atoms in total. The second kappa shape index (κ2) is 8.23. The van der Waals surface area contributed by atoms with Gasteiger partial charge in [-0.1, -0.05) is 13.8 Å². The van der Waals surface area contributed by atoms with Crippen LogP contribution in [0.4, 0.5) is 10.5 Å². The van der Waals surface area contributed by atoms with Crippen LogP contribution in [0.3, 0.4) is 0 Å². The van der Waals surface area contributed by atoms with Crippen LogP contribution in [-0.2, 0) is 19.6 Å². The van der Waals surface area contributed by atoms with Gasteiger partial charge >= 0.3 is 6.03 Å². The molecule has 1 saturated carbocycles. The number of rotatable bonds is 8. The molecule has 1 heterocycles. The molecule has 2 fully saturated rings. The van der Waals surface area contributed by atoms with Gasteiger partial charge in [0.2, 0.25) is 15.9 Å². The lowest BCUT2D eigenvalue weighted by Crippen LogP contribution is -2.52. The number of ether oxygens (including phenoxy) is 1. The van der Waals surface area contributed by atoms with E-state index in [2.05, 4.69) is 10.6 Å². The van der Waals surface area contributed by atoms with Gasteiger partial charge in [0.1, 0.15) is 17.8 Å². The van der Waals surface area contributed by atoms with Gasteiger partial charge in [-0.25, -0.2) is 13.2 Å². The molecule has 1 spiro atoms. The van der Waals surface area contributed by atoms with E-state index in [-0.39, 0.29) is 16.3 Å². The summed E-state index contributed by atoms with van der Waals surface area (Å²) in [6.07, 6.45) is 1.97. The highest BCUT2D eigenvalue weighted by Crippen LogP contribution is 2.37. The Balaban J connectivity index is 1.79. The average Bonchev–Trinajstić information content (AvgIpc) is 2.93. The highest BCUT2D eigenvalue weighted by molar-refractivity contribution is 7.89. The molecule has 0 aromatic heterocycles. The molecule has 1 saturated heterocycles. The molecule has 0 atom stereocenters. The van der Waals surface area contributed by atoms with Crippen LogP contribution in [0.1, 0.15) is 33.1 Å². The van der Waals surface area contributed by atoms with Gasteiger partial charge in [-0.15, -0.1) is 0 Å². The second-order valence-corrected chi connectivity index (χ2v) is 9.19. The predicted octanol–water partition coefficient (Wildman–Crippen LogP) is 1.14. The molecule has 0 unspecified atom stereocenters. The van der Waals surface area contributed by atoms with Crippen molar-refractivity contribution >= 4 is 33.6 Å². The maximum atomic E-state index is 12.8. The summed E-state index contributed by atoms with van der Waals surface area (Å²) in [6, 6.07) is 3.56. The first-order valence-electron chi connectivity index (χ1n) is 9.80. The SMILES string of the molecule is CCN(CC)S(=O)(=O)c1ccc(OC)c(NC(=O)CN2C(=O)NC3(CCC3)C2=O)c1. The van der Waals surface area contributed by atoms with Crippen molar-refractivity contribution in [3.8, 4) is 5.75 Å². The highest BCUT2D eigenvalue weighted by Gasteiger charge is 2.54. The van der Waals surface area contributed by atoms with Crippen LogP contribution >= 0.6 is 0 Å². The molecule has 1 aliphatic carbocycles. The molecule has 0 bridgehead atoms. The molecular formula is C19H26N4O6S. The zero-order valence-electron chi connectivity index (χ0n) is 17.2. The Morgan fingerprint density at radius 2 is 1.93 bits per heavy atom. The van der Waals surface area contributed by atoms with E-state index in [0.717, 1.165) is 11.3 Å². The van der Waals surface area contributed by atoms with Gasteiger partial charge in [0.15, 0.2) is 0 Å². The van der Waals surface area contributed by atoms with Crippen LogP contribution in [0, 0.1) is 0 Å². The number of anilines is 1. The third-order valence-corrected chi connectivity index (χ3v) is 7.59. The summed E-state index contributed by atoms with van der Waals surface area (Å²) in [7, 11) is -2.35. The number of carbonyl (C=O) groups excluding carboxylic acids is 3. The number of methoxy groups -OCH3 is 1. The zero-order valence-corrected chi connectivity index (χ0v) is 18.0. The van der Waals surface area contributed by atoms with E-state index in [1.807, 2.05) is 0 Å². The third kappa shape index (κ3) is 3.74. The van der Waals surface area contributed by atoms with Gasteiger partial charge in [-0.2, -0.15) is 4.31 Å². The van der Waals surface area contributed by atoms with Crippen LogP contribution in [0.25, 0.3) is 0 Å². The molecule has 1 aliphatic heterocycles. The molecule has 164 valence electrons. The van der Waals surface area contributed by atoms with Crippen molar-refractivity contribution in [1.29, 1.82) is 0 Å². The molecule has 4 amide bonds. The van der Waals surface area contributed by atoms with Crippen LogP contribution in [0.2, 0.25) is 0 Å². The Kier molecular flexibility index (Phi) is 6.04. The minimum atomic E-state index is -3.74. The quantitative estimate of drug-likeness (QED) is 0.587. The van der Waals surface area contributed by atoms with Crippen LogP contribution in [0.5, 0.6) is 5.75 Å². The number of benzene rings is 1. The fraction of sp³-hybridized carbons (Fsp3) is 0.526. The van der Waals surface area contributed by atoms with Gasteiger partial charge < -0.3 is 15.4 Å². The summed E-state index contributed by atoms with van der Waals surface area (Å²) in [4.78, 5) is 38.1. The second-order valence-electron chi connectivity index (χ2n) is 7.26.